The van der Waals surface area contributed by atoms with Crippen LogP contribution in [0.1, 0.15) is 25.7 Å². The number of benzene rings is 1. The minimum atomic E-state index is -3.60. The van der Waals surface area contributed by atoms with Gasteiger partial charge in [0.05, 0.1) is 10.6 Å². The van der Waals surface area contributed by atoms with Crippen LogP contribution in [0.15, 0.2) is 23.1 Å². The van der Waals surface area contributed by atoms with E-state index in [-0.39, 0.29) is 17.4 Å². The summed E-state index contributed by atoms with van der Waals surface area (Å²) in [6, 6.07) is 5.06. The summed E-state index contributed by atoms with van der Waals surface area (Å²) in [5, 5.41) is 2.70. The van der Waals surface area contributed by atoms with Gasteiger partial charge in [-0.25, -0.2) is 8.42 Å². The summed E-state index contributed by atoms with van der Waals surface area (Å²) in [7, 11) is -3.60. The number of rotatable bonds is 4. The second-order valence-corrected chi connectivity index (χ2v) is 10.2. The maximum Gasteiger partial charge on any atom is 0.262 e. The molecule has 1 aliphatic carbocycles. The summed E-state index contributed by atoms with van der Waals surface area (Å²) in [5.74, 6) is 1.47. The lowest BCUT2D eigenvalue weighted by atomic mass is 9.95. The fourth-order valence-corrected chi connectivity index (χ4v) is 6.14. The zero-order valence-electron chi connectivity index (χ0n) is 15.3. The Morgan fingerprint density at radius 3 is 2.78 bits per heavy atom. The number of ether oxygens (including phenoxy) is 1. The third kappa shape index (κ3) is 3.34. The molecule has 7 nitrogen and oxygen atoms in total. The lowest BCUT2D eigenvalue weighted by Crippen LogP contribution is -2.45. The number of carbonyl (C=O) groups excluding carboxylic acids is 1. The normalized spacial score (nSPS) is 29.0. The predicted molar refractivity (Wildman–Crippen MR) is 100 cm³/mol. The van der Waals surface area contributed by atoms with E-state index in [1.807, 2.05) is 0 Å². The van der Waals surface area contributed by atoms with Crippen LogP contribution in [0, 0.1) is 11.8 Å². The number of anilines is 1. The Morgan fingerprint density at radius 2 is 1.96 bits per heavy atom. The number of piperidine rings is 1. The van der Waals surface area contributed by atoms with Crippen molar-refractivity contribution in [3.8, 4) is 5.75 Å². The third-order valence-corrected chi connectivity index (χ3v) is 8.03. The maximum atomic E-state index is 13.3. The van der Waals surface area contributed by atoms with Crippen LogP contribution in [-0.4, -0.2) is 62.4 Å². The molecule has 5 aliphatic rings. The van der Waals surface area contributed by atoms with Gasteiger partial charge < -0.3 is 10.1 Å². The Morgan fingerprint density at radius 1 is 1.11 bits per heavy atom. The van der Waals surface area contributed by atoms with E-state index in [4.69, 9.17) is 4.74 Å². The van der Waals surface area contributed by atoms with Gasteiger partial charge in [-0.3, -0.25) is 9.69 Å². The minimum absolute atomic E-state index is 0.0363. The van der Waals surface area contributed by atoms with Gasteiger partial charge in [-0.2, -0.15) is 4.31 Å². The van der Waals surface area contributed by atoms with Crippen molar-refractivity contribution in [2.75, 3.05) is 38.1 Å². The molecule has 1 amide bonds. The van der Waals surface area contributed by atoms with Crippen LogP contribution in [0.25, 0.3) is 0 Å². The fourth-order valence-electron chi connectivity index (χ4n) is 4.56. The molecule has 8 heteroatoms. The largest absolute Gasteiger partial charge is 0.482 e. The van der Waals surface area contributed by atoms with E-state index in [1.165, 1.54) is 18.9 Å². The number of hydrogen-bond acceptors (Lipinski definition) is 5. The Labute approximate surface area is 159 Å². The number of amides is 1. The van der Waals surface area contributed by atoms with Crippen molar-refractivity contribution >= 4 is 21.6 Å². The number of sulfonamides is 1. The van der Waals surface area contributed by atoms with Gasteiger partial charge in [0.2, 0.25) is 10.0 Å². The Balaban J connectivity index is 1.40. The van der Waals surface area contributed by atoms with E-state index in [9.17, 15) is 13.2 Å². The molecule has 2 bridgehead atoms. The molecule has 4 aliphatic heterocycles. The van der Waals surface area contributed by atoms with Crippen molar-refractivity contribution < 1.29 is 17.9 Å². The quantitative estimate of drug-likeness (QED) is 0.842. The Bertz CT molecular complexity index is 868. The maximum absolute atomic E-state index is 13.3. The second-order valence-electron chi connectivity index (χ2n) is 8.31. The van der Waals surface area contributed by atoms with Crippen LogP contribution in [0.3, 0.4) is 0 Å². The lowest BCUT2D eigenvalue weighted by molar-refractivity contribution is -0.118. The number of nitrogens with zero attached hydrogens (tertiary/aromatic N) is 2. The van der Waals surface area contributed by atoms with E-state index in [0.29, 0.717) is 36.5 Å². The van der Waals surface area contributed by atoms with Crippen LogP contribution in [0.2, 0.25) is 0 Å². The number of fused-ring (bicyclic) bond motifs is 5. The first-order valence-corrected chi connectivity index (χ1v) is 11.2. The van der Waals surface area contributed by atoms with Crippen LogP contribution >= 0.6 is 0 Å². The van der Waals surface area contributed by atoms with Crippen molar-refractivity contribution in [1.82, 2.24) is 9.21 Å². The summed E-state index contributed by atoms with van der Waals surface area (Å²) >= 11 is 0. The first-order valence-electron chi connectivity index (χ1n) is 9.80. The Hall–Kier alpha value is -1.64. The van der Waals surface area contributed by atoms with Gasteiger partial charge >= 0.3 is 0 Å². The van der Waals surface area contributed by atoms with E-state index >= 15 is 0 Å². The Kier molecular flexibility index (Phi) is 4.18. The molecule has 1 N–H and O–H groups in total. The number of nitrogens with one attached hydrogen (secondary N) is 1. The van der Waals surface area contributed by atoms with Gasteiger partial charge in [-0.15, -0.1) is 0 Å². The summed E-state index contributed by atoms with van der Waals surface area (Å²) in [6.45, 7) is 3.25. The molecular weight excluding hydrogens is 366 g/mol. The molecule has 1 aromatic carbocycles. The molecule has 1 saturated carbocycles. The summed E-state index contributed by atoms with van der Waals surface area (Å²) < 4.78 is 33.6. The predicted octanol–water partition coefficient (Wildman–Crippen LogP) is 1.51. The zero-order chi connectivity index (χ0) is 18.6. The van der Waals surface area contributed by atoms with Crippen molar-refractivity contribution in [3.05, 3.63) is 18.2 Å². The second kappa shape index (κ2) is 6.46. The first kappa shape index (κ1) is 17.5. The summed E-state index contributed by atoms with van der Waals surface area (Å²) in [6.07, 6.45) is 4.82. The molecule has 0 unspecified atom stereocenters. The van der Waals surface area contributed by atoms with Crippen molar-refractivity contribution in [2.24, 2.45) is 11.8 Å². The molecule has 2 atom stereocenters. The molecule has 1 aromatic rings. The highest BCUT2D eigenvalue weighted by Gasteiger charge is 2.41. The van der Waals surface area contributed by atoms with E-state index < -0.39 is 10.0 Å². The van der Waals surface area contributed by atoms with Crippen LogP contribution in [0.4, 0.5) is 5.69 Å². The molecule has 27 heavy (non-hydrogen) atoms. The highest BCUT2D eigenvalue weighted by molar-refractivity contribution is 7.89. The van der Waals surface area contributed by atoms with Gasteiger partial charge in [0.15, 0.2) is 6.61 Å². The minimum Gasteiger partial charge on any atom is -0.482 e. The molecule has 6 rings (SSSR count). The van der Waals surface area contributed by atoms with Gasteiger partial charge in [0, 0.05) is 32.2 Å². The van der Waals surface area contributed by atoms with Crippen molar-refractivity contribution in [3.63, 3.8) is 0 Å². The smallest absolute Gasteiger partial charge is 0.262 e. The average Bonchev–Trinajstić information content (AvgIpc) is 3.48. The van der Waals surface area contributed by atoms with E-state index in [1.54, 1.807) is 16.4 Å². The van der Waals surface area contributed by atoms with Crippen molar-refractivity contribution in [2.45, 2.75) is 36.6 Å². The van der Waals surface area contributed by atoms with E-state index in [0.717, 1.165) is 31.8 Å². The standard InChI is InChI=1S/C19H25N3O4S/c23-19-12-26-18-6-5-16(7-17(18)20-19)27(24,25)22-10-14-3-4-15(11-22)21(9-14)8-13-1-2-13/h5-7,13-15H,1-4,8-12H2,(H,20,23)/t14-,15-/m1/s1. The third-order valence-electron chi connectivity index (χ3n) is 6.20. The molecule has 4 fully saturated rings. The van der Waals surface area contributed by atoms with Gasteiger partial charge in [0.25, 0.3) is 5.91 Å². The van der Waals surface area contributed by atoms with Crippen molar-refractivity contribution in [1.29, 1.82) is 0 Å². The highest BCUT2D eigenvalue weighted by atomic mass is 32.2. The average molecular weight is 391 g/mol. The number of carbonyl (C=O) groups is 1. The van der Waals surface area contributed by atoms with Crippen LogP contribution in [0.5, 0.6) is 5.75 Å². The highest BCUT2D eigenvalue weighted by Crippen LogP contribution is 2.37. The monoisotopic (exact) mass is 391 g/mol. The summed E-state index contributed by atoms with van der Waals surface area (Å²) in [5.41, 5.74) is 0.431. The topological polar surface area (TPSA) is 79.0 Å². The first-order chi connectivity index (χ1) is 13.0. The molecule has 0 spiro atoms. The van der Waals surface area contributed by atoms with Gasteiger partial charge in [0.1, 0.15) is 5.75 Å². The SMILES string of the molecule is O=C1COc2ccc(S(=O)(=O)N3C[C@@H]4CC[C@H](C3)N(CC3CC3)C4)cc2N1. The van der Waals surface area contributed by atoms with Gasteiger partial charge in [-0.1, -0.05) is 0 Å². The van der Waals surface area contributed by atoms with Crippen LogP contribution in [-0.2, 0) is 14.8 Å². The number of hydrogen-bond donors (Lipinski definition) is 1. The summed E-state index contributed by atoms with van der Waals surface area (Å²) in [4.78, 5) is 14.3. The molecule has 0 radical (unpaired) electrons. The fraction of sp³-hybridized carbons (Fsp3) is 0.632. The molecule has 0 aromatic heterocycles. The zero-order valence-corrected chi connectivity index (χ0v) is 16.1. The van der Waals surface area contributed by atoms with Crippen LogP contribution < -0.4 is 10.1 Å². The van der Waals surface area contributed by atoms with E-state index in [2.05, 4.69) is 10.2 Å². The molecule has 4 heterocycles. The lowest BCUT2D eigenvalue weighted by Gasteiger charge is -2.36. The van der Waals surface area contributed by atoms with Gasteiger partial charge in [-0.05, 0) is 55.7 Å². The molecule has 146 valence electrons. The molecule has 3 saturated heterocycles. The molecular formula is C19H25N3O4S.